The maximum atomic E-state index is 13.1. The number of anilines is 3. The third kappa shape index (κ3) is 8.23. The molecule has 0 aliphatic heterocycles. The Balaban J connectivity index is 1.79. The van der Waals surface area contributed by atoms with Gasteiger partial charge in [-0.2, -0.15) is 0 Å². The van der Waals surface area contributed by atoms with Crippen LogP contribution in [0, 0.1) is 17.8 Å². The molecule has 1 aliphatic rings. The number of nitrogens with zero attached hydrogens (tertiary/aromatic N) is 1. The van der Waals surface area contributed by atoms with Crippen LogP contribution in [0.4, 0.5) is 21.9 Å². The van der Waals surface area contributed by atoms with Gasteiger partial charge in [-0.05, 0) is 66.5 Å². The van der Waals surface area contributed by atoms with Crippen molar-refractivity contribution in [3.8, 4) is 0 Å². The van der Waals surface area contributed by atoms with Crippen molar-refractivity contribution in [3.63, 3.8) is 0 Å². The largest absolute Gasteiger partial charge is 0.481 e. The average Bonchev–Trinajstić information content (AvgIpc) is 3.61. The van der Waals surface area contributed by atoms with Crippen molar-refractivity contribution in [2.75, 3.05) is 35.2 Å². The number of nitrogens with one attached hydrogen (secondary N) is 2. The van der Waals surface area contributed by atoms with E-state index in [4.69, 9.17) is 4.74 Å². The zero-order valence-electron chi connectivity index (χ0n) is 22.4. The summed E-state index contributed by atoms with van der Waals surface area (Å²) in [6, 6.07) is 13.0. The number of benzene rings is 2. The van der Waals surface area contributed by atoms with Gasteiger partial charge in [0.2, 0.25) is 5.91 Å². The zero-order chi connectivity index (χ0) is 27.1. The van der Waals surface area contributed by atoms with Crippen LogP contribution in [0.5, 0.6) is 0 Å². The van der Waals surface area contributed by atoms with Crippen LogP contribution in [0.1, 0.15) is 58.1 Å². The van der Waals surface area contributed by atoms with Crippen LogP contribution in [0.15, 0.2) is 42.5 Å². The first kappa shape index (κ1) is 28.0. The summed E-state index contributed by atoms with van der Waals surface area (Å²) in [5.41, 5.74) is 3.99. The van der Waals surface area contributed by atoms with Gasteiger partial charge in [0.15, 0.2) is 0 Å². The Morgan fingerprint density at radius 1 is 1.00 bits per heavy atom. The molecule has 0 unspecified atom stereocenters. The molecule has 2 aromatic rings. The monoisotopic (exact) mass is 509 g/mol. The first-order valence-electron chi connectivity index (χ1n) is 13.0. The van der Waals surface area contributed by atoms with Gasteiger partial charge in [0.25, 0.3) is 0 Å². The quantitative estimate of drug-likeness (QED) is 0.337. The summed E-state index contributed by atoms with van der Waals surface area (Å²) in [7, 11) is 0. The van der Waals surface area contributed by atoms with Crippen LogP contribution >= 0.6 is 0 Å². The van der Waals surface area contributed by atoms with E-state index in [1.807, 2.05) is 18.2 Å². The van der Waals surface area contributed by atoms with Crippen molar-refractivity contribution in [3.05, 3.63) is 53.6 Å². The van der Waals surface area contributed by atoms with E-state index in [1.165, 1.54) is 0 Å². The van der Waals surface area contributed by atoms with Gasteiger partial charge in [-0.25, -0.2) is 4.79 Å². The number of carboxylic acid groups (broad SMARTS) is 1. The number of carboxylic acids is 1. The van der Waals surface area contributed by atoms with Crippen LogP contribution in [-0.2, 0) is 20.7 Å². The van der Waals surface area contributed by atoms with Gasteiger partial charge < -0.3 is 20.1 Å². The van der Waals surface area contributed by atoms with Crippen LogP contribution in [0.2, 0.25) is 0 Å². The van der Waals surface area contributed by atoms with E-state index in [0.717, 1.165) is 29.9 Å². The van der Waals surface area contributed by atoms with Gasteiger partial charge in [0.1, 0.15) is 0 Å². The normalized spacial score (nSPS) is 16.4. The number of carbonyl (C=O) groups is 3. The Bertz CT molecular complexity index is 1090. The second-order valence-electron chi connectivity index (χ2n) is 10.5. The Morgan fingerprint density at radius 3 is 2.19 bits per heavy atom. The van der Waals surface area contributed by atoms with E-state index >= 15 is 0 Å². The Labute approximate surface area is 219 Å². The Morgan fingerprint density at radius 2 is 1.65 bits per heavy atom. The number of hydrogen-bond donors (Lipinski definition) is 3. The number of ether oxygens (including phenoxy) is 1. The SMILES string of the molecule is CCOC(=O)Nc1ccc(CC(=O)Nc2cc([C@@H]3C[C@@H]3C(=O)O)ccc2N(CC(C)C)CC(C)C)cc1. The molecule has 0 aromatic heterocycles. The zero-order valence-corrected chi connectivity index (χ0v) is 22.4. The lowest BCUT2D eigenvalue weighted by Crippen LogP contribution is -2.32. The summed E-state index contributed by atoms with van der Waals surface area (Å²) in [5.74, 6) is -0.457. The average molecular weight is 510 g/mol. The molecular weight excluding hydrogens is 470 g/mol. The van der Waals surface area contributed by atoms with E-state index in [0.29, 0.717) is 29.6 Å². The smallest absolute Gasteiger partial charge is 0.411 e. The van der Waals surface area contributed by atoms with E-state index in [1.54, 1.807) is 31.2 Å². The predicted molar refractivity (Wildman–Crippen MR) is 146 cm³/mol. The highest BCUT2D eigenvalue weighted by Crippen LogP contribution is 2.49. The Hall–Kier alpha value is -3.55. The lowest BCUT2D eigenvalue weighted by atomic mass is 10.0. The summed E-state index contributed by atoms with van der Waals surface area (Å²) < 4.78 is 4.89. The molecule has 1 saturated carbocycles. The molecule has 0 radical (unpaired) electrons. The molecule has 0 heterocycles. The number of amides is 2. The summed E-state index contributed by atoms with van der Waals surface area (Å²) in [6.45, 7) is 12.4. The maximum absolute atomic E-state index is 13.1. The minimum absolute atomic E-state index is 0.0229. The minimum atomic E-state index is -0.776. The molecule has 2 atom stereocenters. The van der Waals surface area contributed by atoms with E-state index < -0.39 is 12.1 Å². The van der Waals surface area contributed by atoms with Crippen LogP contribution in [0.3, 0.4) is 0 Å². The van der Waals surface area contributed by atoms with Crippen molar-refractivity contribution in [1.82, 2.24) is 0 Å². The molecule has 8 nitrogen and oxygen atoms in total. The first-order chi connectivity index (χ1) is 17.6. The Kier molecular flexibility index (Phi) is 9.55. The number of rotatable bonds is 12. The third-order valence-corrected chi connectivity index (χ3v) is 6.18. The highest BCUT2D eigenvalue weighted by molar-refractivity contribution is 5.96. The van der Waals surface area contributed by atoms with Crippen LogP contribution in [-0.4, -0.2) is 42.8 Å². The van der Waals surface area contributed by atoms with Crippen molar-refractivity contribution in [2.24, 2.45) is 17.8 Å². The van der Waals surface area contributed by atoms with Gasteiger partial charge in [-0.15, -0.1) is 0 Å². The van der Waals surface area contributed by atoms with Crippen LogP contribution < -0.4 is 15.5 Å². The lowest BCUT2D eigenvalue weighted by Gasteiger charge is -2.31. The van der Waals surface area contributed by atoms with Gasteiger partial charge in [-0.3, -0.25) is 14.9 Å². The topological polar surface area (TPSA) is 108 Å². The fourth-order valence-electron chi connectivity index (χ4n) is 4.52. The summed E-state index contributed by atoms with van der Waals surface area (Å²) in [4.78, 5) is 38.4. The second-order valence-corrected chi connectivity index (χ2v) is 10.5. The molecule has 37 heavy (non-hydrogen) atoms. The molecule has 200 valence electrons. The highest BCUT2D eigenvalue weighted by Gasteiger charge is 2.44. The van der Waals surface area contributed by atoms with E-state index in [2.05, 4.69) is 43.2 Å². The van der Waals surface area contributed by atoms with E-state index in [9.17, 15) is 19.5 Å². The molecule has 1 aliphatic carbocycles. The van der Waals surface area contributed by atoms with Crippen molar-refractivity contribution in [1.29, 1.82) is 0 Å². The fourth-order valence-corrected chi connectivity index (χ4v) is 4.52. The third-order valence-electron chi connectivity index (χ3n) is 6.18. The highest BCUT2D eigenvalue weighted by atomic mass is 16.5. The van der Waals surface area contributed by atoms with Crippen molar-refractivity contribution in [2.45, 2.75) is 53.4 Å². The fraction of sp³-hybridized carbons (Fsp3) is 0.483. The van der Waals surface area contributed by atoms with Crippen LogP contribution in [0.25, 0.3) is 0 Å². The van der Waals surface area contributed by atoms with Crippen molar-refractivity contribution >= 4 is 35.0 Å². The molecule has 3 rings (SSSR count). The van der Waals surface area contributed by atoms with Gasteiger partial charge in [0.05, 0.1) is 30.3 Å². The van der Waals surface area contributed by atoms with E-state index in [-0.39, 0.29) is 30.8 Å². The molecular formula is C29H39N3O5. The molecule has 1 fully saturated rings. The first-order valence-corrected chi connectivity index (χ1v) is 13.0. The van der Waals surface area contributed by atoms with Gasteiger partial charge >= 0.3 is 12.1 Å². The summed E-state index contributed by atoms with van der Waals surface area (Å²) in [6.07, 6.45) is 0.267. The molecule has 0 saturated heterocycles. The summed E-state index contributed by atoms with van der Waals surface area (Å²) in [5, 5.41) is 15.1. The molecule has 3 N–H and O–H groups in total. The number of carbonyl (C=O) groups excluding carboxylic acids is 2. The number of aliphatic carboxylic acids is 1. The van der Waals surface area contributed by atoms with Gasteiger partial charge in [0, 0.05) is 18.8 Å². The molecule has 0 bridgehead atoms. The van der Waals surface area contributed by atoms with Crippen molar-refractivity contribution < 1.29 is 24.2 Å². The molecule has 0 spiro atoms. The standard InChI is InChI=1S/C29H39N3O5/c1-6-37-29(36)30-22-10-7-20(8-11-22)13-27(33)31-25-14-21(23-15-24(23)28(34)35)9-12-26(25)32(16-18(2)3)17-19(4)5/h7-12,14,18-19,23-24H,6,13,15-17H2,1-5H3,(H,30,36)(H,31,33)(H,34,35)/t23-,24-/m0/s1. The second kappa shape index (κ2) is 12.6. The minimum Gasteiger partial charge on any atom is -0.481 e. The summed E-state index contributed by atoms with van der Waals surface area (Å²) >= 11 is 0. The maximum Gasteiger partial charge on any atom is 0.411 e. The van der Waals surface area contributed by atoms with Gasteiger partial charge in [-0.1, -0.05) is 45.9 Å². The lowest BCUT2D eigenvalue weighted by molar-refractivity contribution is -0.138. The molecule has 2 aromatic carbocycles. The molecule has 8 heteroatoms. The predicted octanol–water partition coefficient (Wildman–Crippen LogP) is 5.74. The number of hydrogen-bond acceptors (Lipinski definition) is 5. The molecule has 2 amide bonds.